The molecule has 4 nitrogen and oxygen atoms in total. The molecular weight excluding hydrogens is 424 g/mol. The quantitative estimate of drug-likeness (QED) is 0.393. The summed E-state index contributed by atoms with van der Waals surface area (Å²) in [6.45, 7) is 16.2. The Bertz CT molecular complexity index is 934. The van der Waals surface area contributed by atoms with Gasteiger partial charge < -0.3 is 14.6 Å². The molecule has 34 heavy (non-hydrogen) atoms. The fourth-order valence-electron chi connectivity index (χ4n) is 10.3. The van der Waals surface area contributed by atoms with E-state index in [1.54, 1.807) is 5.57 Å². The Labute approximate surface area is 206 Å². The van der Waals surface area contributed by atoms with Crippen LogP contribution in [0.2, 0.25) is 0 Å². The molecule has 0 aromatic carbocycles. The van der Waals surface area contributed by atoms with Crippen molar-refractivity contribution in [2.24, 2.45) is 45.3 Å². The first-order valence-electron chi connectivity index (χ1n) is 14.0. The minimum Gasteiger partial charge on any atom is -0.368 e. The van der Waals surface area contributed by atoms with Crippen LogP contribution in [0.3, 0.4) is 0 Å². The molecular formula is C30H46O4. The van der Waals surface area contributed by atoms with Gasteiger partial charge in [0.1, 0.15) is 11.9 Å². The lowest BCUT2D eigenvalue weighted by atomic mass is 9.41. The van der Waals surface area contributed by atoms with Gasteiger partial charge in [0.05, 0.1) is 11.7 Å². The zero-order chi connectivity index (χ0) is 24.5. The van der Waals surface area contributed by atoms with Gasteiger partial charge in [-0.1, -0.05) is 46.3 Å². The number of Topliss-reactive ketones (excluding diaryl/α,β-unsaturated/α-hetero) is 1. The lowest BCUT2D eigenvalue weighted by molar-refractivity contribution is -0.147. The van der Waals surface area contributed by atoms with Gasteiger partial charge in [-0.15, -0.1) is 0 Å². The molecule has 0 aromatic heterocycles. The molecule has 2 saturated heterocycles. The van der Waals surface area contributed by atoms with E-state index >= 15 is 0 Å². The Morgan fingerprint density at radius 3 is 2.38 bits per heavy atom. The summed E-state index contributed by atoms with van der Waals surface area (Å²) >= 11 is 0. The number of aliphatic hydroxyl groups is 1. The van der Waals surface area contributed by atoms with Crippen LogP contribution in [0.25, 0.3) is 0 Å². The van der Waals surface area contributed by atoms with Gasteiger partial charge in [-0.2, -0.15) is 0 Å². The molecule has 10 atom stereocenters. The average molecular weight is 471 g/mol. The zero-order valence-corrected chi connectivity index (χ0v) is 22.4. The average Bonchev–Trinajstić information content (AvgIpc) is 3.08. The molecule has 0 spiro atoms. The first kappa shape index (κ1) is 23.7. The zero-order valence-electron chi connectivity index (χ0n) is 22.4. The maximum absolute atomic E-state index is 12.8. The van der Waals surface area contributed by atoms with Crippen molar-refractivity contribution in [3.63, 3.8) is 0 Å². The first-order chi connectivity index (χ1) is 15.8. The van der Waals surface area contributed by atoms with Crippen LogP contribution < -0.4 is 0 Å². The summed E-state index contributed by atoms with van der Waals surface area (Å²) in [4.78, 5) is 12.8. The number of hydrogen-bond acceptors (Lipinski definition) is 4. The SMILES string of the molecule is CC1(C)O[C@@H]1[C@@H]1C[C@@H]([C@@H]2CC[C@]3(C)C4=CC[C@@H]5C(C)(C)C(=O)CC[C@]5(C)[C@H]4CC[C@@]23C)[C@H](O)O1. The number of aliphatic hydroxyl groups excluding tert-OH is 1. The van der Waals surface area contributed by atoms with Crippen LogP contribution >= 0.6 is 0 Å². The van der Waals surface area contributed by atoms with Crippen LogP contribution in [-0.2, 0) is 14.3 Å². The topological polar surface area (TPSA) is 59.1 Å². The number of epoxide rings is 1. The van der Waals surface area contributed by atoms with Crippen molar-refractivity contribution < 1.29 is 19.4 Å². The van der Waals surface area contributed by atoms with Gasteiger partial charge in [-0.25, -0.2) is 0 Å². The smallest absolute Gasteiger partial charge is 0.158 e. The number of hydrogen-bond donors (Lipinski definition) is 1. The van der Waals surface area contributed by atoms with Crippen molar-refractivity contribution in [2.75, 3.05) is 0 Å². The van der Waals surface area contributed by atoms with Crippen molar-refractivity contribution in [3.05, 3.63) is 11.6 Å². The van der Waals surface area contributed by atoms with E-state index in [0.717, 1.165) is 25.7 Å². The number of carbonyl (C=O) groups excluding carboxylic acids is 1. The third-order valence-corrected chi connectivity index (χ3v) is 12.7. The summed E-state index contributed by atoms with van der Waals surface area (Å²) in [6.07, 6.45) is 10.6. The highest BCUT2D eigenvalue weighted by molar-refractivity contribution is 5.85. The molecule has 2 heterocycles. The molecule has 4 aliphatic carbocycles. The molecule has 3 saturated carbocycles. The van der Waals surface area contributed by atoms with Crippen molar-refractivity contribution in [1.29, 1.82) is 0 Å². The minimum absolute atomic E-state index is 0.0253. The van der Waals surface area contributed by atoms with Gasteiger partial charge in [-0.05, 0) is 92.8 Å². The number of ether oxygens (including phenoxy) is 2. The highest BCUT2D eigenvalue weighted by atomic mass is 16.7. The minimum atomic E-state index is -0.667. The fourth-order valence-corrected chi connectivity index (χ4v) is 10.3. The molecule has 0 unspecified atom stereocenters. The third kappa shape index (κ3) is 2.85. The van der Waals surface area contributed by atoms with E-state index in [4.69, 9.17) is 9.47 Å². The van der Waals surface area contributed by atoms with E-state index in [-0.39, 0.29) is 45.4 Å². The van der Waals surface area contributed by atoms with E-state index in [1.807, 2.05) is 0 Å². The highest BCUT2D eigenvalue weighted by Gasteiger charge is 2.67. The lowest BCUT2D eigenvalue weighted by Gasteiger charge is -2.63. The Hall–Kier alpha value is -0.710. The largest absolute Gasteiger partial charge is 0.368 e. The first-order valence-corrected chi connectivity index (χ1v) is 14.0. The second-order valence-corrected chi connectivity index (χ2v) is 14.7. The van der Waals surface area contributed by atoms with Crippen molar-refractivity contribution in [3.8, 4) is 0 Å². The molecule has 190 valence electrons. The summed E-state index contributed by atoms with van der Waals surface area (Å²) in [5.74, 6) is 2.19. The van der Waals surface area contributed by atoms with Gasteiger partial charge in [0.25, 0.3) is 0 Å². The molecule has 6 aliphatic rings. The number of ketones is 1. The van der Waals surface area contributed by atoms with E-state index in [0.29, 0.717) is 23.5 Å². The molecule has 1 N–H and O–H groups in total. The Balaban J connectivity index is 1.30. The molecule has 6 rings (SSSR count). The maximum atomic E-state index is 12.8. The van der Waals surface area contributed by atoms with Crippen molar-refractivity contribution in [1.82, 2.24) is 0 Å². The monoisotopic (exact) mass is 470 g/mol. The fraction of sp³-hybridized carbons (Fsp3) is 0.900. The van der Waals surface area contributed by atoms with Crippen LogP contribution in [-0.4, -0.2) is 35.0 Å². The molecule has 4 heteroatoms. The second kappa shape index (κ2) is 6.98. The van der Waals surface area contributed by atoms with E-state index in [2.05, 4.69) is 54.5 Å². The van der Waals surface area contributed by atoms with Crippen molar-refractivity contribution >= 4 is 5.78 Å². The van der Waals surface area contributed by atoms with Gasteiger partial charge in [0.15, 0.2) is 6.29 Å². The van der Waals surface area contributed by atoms with Gasteiger partial charge in [0, 0.05) is 17.8 Å². The Morgan fingerprint density at radius 2 is 1.71 bits per heavy atom. The number of allylic oxidation sites excluding steroid dienone is 2. The highest BCUT2D eigenvalue weighted by Crippen LogP contribution is 2.73. The van der Waals surface area contributed by atoms with E-state index < -0.39 is 6.29 Å². The van der Waals surface area contributed by atoms with Crippen LogP contribution in [0.15, 0.2) is 11.6 Å². The van der Waals surface area contributed by atoms with Gasteiger partial charge in [-0.3, -0.25) is 4.79 Å². The van der Waals surface area contributed by atoms with Gasteiger partial charge in [0.2, 0.25) is 0 Å². The van der Waals surface area contributed by atoms with E-state index in [9.17, 15) is 9.90 Å². The molecule has 5 fully saturated rings. The number of carbonyl (C=O) groups is 1. The van der Waals surface area contributed by atoms with Crippen LogP contribution in [0.1, 0.15) is 99.8 Å². The lowest BCUT2D eigenvalue weighted by Crippen LogP contribution is -2.57. The van der Waals surface area contributed by atoms with Crippen LogP contribution in [0.4, 0.5) is 0 Å². The normalized spacial score (nSPS) is 55.2. The predicted molar refractivity (Wildman–Crippen MR) is 132 cm³/mol. The molecule has 0 aromatic rings. The summed E-state index contributed by atoms with van der Waals surface area (Å²) in [5, 5.41) is 11.0. The molecule has 0 bridgehead atoms. The van der Waals surface area contributed by atoms with E-state index in [1.165, 1.54) is 25.7 Å². The summed E-state index contributed by atoms with van der Waals surface area (Å²) in [6, 6.07) is 0. The van der Waals surface area contributed by atoms with Crippen LogP contribution in [0, 0.1) is 45.3 Å². The van der Waals surface area contributed by atoms with Crippen LogP contribution in [0.5, 0.6) is 0 Å². The Morgan fingerprint density at radius 1 is 1.00 bits per heavy atom. The molecule has 0 amide bonds. The molecule has 2 aliphatic heterocycles. The maximum Gasteiger partial charge on any atom is 0.158 e. The standard InChI is InChI=1S/C30H46O4/c1-26(2)22-9-8-20-19(28(22,5)13-12-23(26)31)11-15-29(6)18(10-14-30(20,29)7)17-16-21(33-25(17)32)24-27(3,4)34-24/h8,17-19,21-22,24-25,32H,9-16H2,1-7H3/t17-,18-,19-,21-,22+,24+,25+,28+,29-,30+/m0/s1. The molecule has 0 radical (unpaired) electrons. The number of fused-ring (bicyclic) bond motifs is 5. The summed E-state index contributed by atoms with van der Waals surface area (Å²) in [7, 11) is 0. The Kier molecular flexibility index (Phi) is 4.86. The number of rotatable bonds is 2. The van der Waals surface area contributed by atoms with Gasteiger partial charge >= 0.3 is 0 Å². The summed E-state index contributed by atoms with van der Waals surface area (Å²) < 4.78 is 12.0. The predicted octanol–water partition coefficient (Wildman–Crippen LogP) is 6.06. The second-order valence-electron chi connectivity index (χ2n) is 14.7. The third-order valence-electron chi connectivity index (χ3n) is 12.7. The van der Waals surface area contributed by atoms with Crippen molar-refractivity contribution in [2.45, 2.75) is 124 Å². The summed E-state index contributed by atoms with van der Waals surface area (Å²) in [5.41, 5.74) is 1.95.